The van der Waals surface area contributed by atoms with E-state index < -0.39 is 18.5 Å². The average molecular weight is 290 g/mol. The third-order valence-electron chi connectivity index (χ3n) is 3.57. The van der Waals surface area contributed by atoms with Gasteiger partial charge < -0.3 is 20.5 Å². The van der Waals surface area contributed by atoms with Crippen LogP contribution in [0, 0.1) is 0 Å². The molecule has 6 nitrogen and oxygen atoms in total. The van der Waals surface area contributed by atoms with Crippen LogP contribution in [0.15, 0.2) is 30.3 Å². The number of benzene rings is 1. The second kappa shape index (κ2) is 7.64. The average Bonchev–Trinajstić information content (AvgIpc) is 2.48. The Labute approximate surface area is 124 Å². The molecule has 114 valence electrons. The molecule has 1 heterocycles. The van der Waals surface area contributed by atoms with E-state index in [1.54, 1.807) is 0 Å². The number of hydrogen-bond acceptors (Lipinski definition) is 4. The molecule has 21 heavy (non-hydrogen) atoms. The van der Waals surface area contributed by atoms with Crippen molar-refractivity contribution < 1.29 is 14.7 Å². The molecule has 1 fully saturated rings. The summed E-state index contributed by atoms with van der Waals surface area (Å²) in [5, 5.41) is 15.3. The molecule has 1 aromatic carbocycles. The van der Waals surface area contributed by atoms with Crippen LogP contribution in [0.4, 0.5) is 4.79 Å². The number of rotatable bonds is 5. The maximum atomic E-state index is 11.5. The van der Waals surface area contributed by atoms with Gasteiger partial charge in [-0.25, -0.2) is 4.79 Å². The van der Waals surface area contributed by atoms with E-state index in [2.05, 4.69) is 27.7 Å². The molecule has 1 aliphatic heterocycles. The smallest absolute Gasteiger partial charge is 0.315 e. The van der Waals surface area contributed by atoms with Crippen molar-refractivity contribution in [2.75, 3.05) is 19.6 Å². The highest BCUT2D eigenvalue weighted by atomic mass is 16.4. The minimum absolute atomic E-state index is 0.0961. The molecule has 0 atom stereocenters. The predicted molar refractivity (Wildman–Crippen MR) is 76.3 cm³/mol. The molecule has 0 bridgehead atoms. The number of likely N-dealkylation sites (tertiary alicyclic amines) is 1. The van der Waals surface area contributed by atoms with Crippen LogP contribution in [0.2, 0.25) is 0 Å². The first kappa shape index (κ1) is 15.3. The lowest BCUT2D eigenvalue weighted by Gasteiger charge is -2.32. The summed E-state index contributed by atoms with van der Waals surface area (Å²) in [7, 11) is 0. The number of nitrogens with one attached hydrogen (secondary N) is 2. The van der Waals surface area contributed by atoms with Crippen molar-refractivity contribution in [1.82, 2.24) is 15.5 Å². The van der Waals surface area contributed by atoms with Crippen molar-refractivity contribution in [3.8, 4) is 0 Å². The third-order valence-corrected chi connectivity index (χ3v) is 3.57. The predicted octanol–water partition coefficient (Wildman–Crippen LogP) is -0.300. The molecular formula is C15H20N3O3-. The van der Waals surface area contributed by atoms with E-state index in [9.17, 15) is 14.7 Å². The number of aliphatic carboxylic acids is 1. The normalized spacial score (nSPS) is 16.4. The number of amides is 2. The quantitative estimate of drug-likeness (QED) is 0.780. The van der Waals surface area contributed by atoms with Crippen molar-refractivity contribution in [2.24, 2.45) is 0 Å². The first-order valence-electron chi connectivity index (χ1n) is 7.14. The monoisotopic (exact) mass is 290 g/mol. The van der Waals surface area contributed by atoms with Crippen molar-refractivity contribution in [2.45, 2.75) is 25.4 Å². The maximum Gasteiger partial charge on any atom is 0.315 e. The van der Waals surface area contributed by atoms with Gasteiger partial charge >= 0.3 is 6.03 Å². The lowest BCUT2D eigenvalue weighted by Crippen LogP contribution is -2.49. The van der Waals surface area contributed by atoms with Crippen LogP contribution in [0.5, 0.6) is 0 Å². The Morgan fingerprint density at radius 1 is 1.19 bits per heavy atom. The summed E-state index contributed by atoms with van der Waals surface area (Å²) in [4.78, 5) is 24.1. The summed E-state index contributed by atoms with van der Waals surface area (Å²) in [6, 6.07) is 9.94. The number of urea groups is 1. The minimum Gasteiger partial charge on any atom is -0.548 e. The molecule has 1 aromatic rings. The van der Waals surface area contributed by atoms with Gasteiger partial charge in [0, 0.05) is 25.7 Å². The van der Waals surface area contributed by atoms with Gasteiger partial charge in [-0.3, -0.25) is 4.90 Å². The van der Waals surface area contributed by atoms with E-state index in [1.807, 2.05) is 18.2 Å². The molecule has 6 heteroatoms. The third kappa shape index (κ3) is 5.43. The summed E-state index contributed by atoms with van der Waals surface area (Å²) >= 11 is 0. The first-order valence-corrected chi connectivity index (χ1v) is 7.14. The highest BCUT2D eigenvalue weighted by Crippen LogP contribution is 2.13. The Balaban J connectivity index is 1.68. The number of carboxylic acids is 1. The Bertz CT molecular complexity index is 470. The molecule has 0 saturated carbocycles. The van der Waals surface area contributed by atoms with Gasteiger partial charge in [0.05, 0.1) is 12.5 Å². The molecule has 0 aromatic heterocycles. The van der Waals surface area contributed by atoms with Gasteiger partial charge in [-0.05, 0) is 18.4 Å². The molecule has 2 N–H and O–H groups in total. The summed E-state index contributed by atoms with van der Waals surface area (Å²) in [5.74, 6) is -1.29. The molecule has 0 radical (unpaired) electrons. The van der Waals surface area contributed by atoms with Gasteiger partial charge in [0.1, 0.15) is 0 Å². The fourth-order valence-electron chi connectivity index (χ4n) is 2.47. The zero-order chi connectivity index (χ0) is 15.1. The number of carboxylic acid groups (broad SMARTS) is 1. The van der Waals surface area contributed by atoms with E-state index in [4.69, 9.17) is 0 Å². The topological polar surface area (TPSA) is 84.5 Å². The fraction of sp³-hybridized carbons (Fsp3) is 0.467. The Morgan fingerprint density at radius 2 is 1.86 bits per heavy atom. The van der Waals surface area contributed by atoms with E-state index in [-0.39, 0.29) is 6.04 Å². The van der Waals surface area contributed by atoms with Crippen LogP contribution in [0.25, 0.3) is 0 Å². The van der Waals surface area contributed by atoms with Gasteiger partial charge in [0.15, 0.2) is 0 Å². The summed E-state index contributed by atoms with van der Waals surface area (Å²) in [5.41, 5.74) is 1.29. The highest BCUT2D eigenvalue weighted by Gasteiger charge is 2.20. The largest absolute Gasteiger partial charge is 0.548 e. The SMILES string of the molecule is O=C([O-])CNC(=O)NC1CCN(Cc2ccccc2)CC1. The number of piperidine rings is 1. The van der Waals surface area contributed by atoms with Gasteiger partial charge in [0.2, 0.25) is 0 Å². The van der Waals surface area contributed by atoms with Crippen LogP contribution < -0.4 is 15.7 Å². The van der Waals surface area contributed by atoms with E-state index in [0.717, 1.165) is 32.5 Å². The van der Waals surface area contributed by atoms with E-state index in [0.29, 0.717) is 0 Å². The standard InChI is InChI=1S/C15H21N3O3/c19-14(20)10-16-15(21)17-13-6-8-18(9-7-13)11-12-4-2-1-3-5-12/h1-5,13H,6-11H2,(H,19,20)(H2,16,17,21)/p-1. The van der Waals surface area contributed by atoms with Crippen molar-refractivity contribution >= 4 is 12.0 Å². The summed E-state index contributed by atoms with van der Waals surface area (Å²) in [6.45, 7) is 2.30. The Morgan fingerprint density at radius 3 is 2.48 bits per heavy atom. The van der Waals surface area contributed by atoms with Crippen LogP contribution in [0.1, 0.15) is 18.4 Å². The van der Waals surface area contributed by atoms with Crippen molar-refractivity contribution in [1.29, 1.82) is 0 Å². The zero-order valence-corrected chi connectivity index (χ0v) is 11.9. The second-order valence-electron chi connectivity index (χ2n) is 5.24. The fourth-order valence-corrected chi connectivity index (χ4v) is 2.47. The van der Waals surface area contributed by atoms with Crippen LogP contribution in [-0.4, -0.2) is 42.6 Å². The van der Waals surface area contributed by atoms with E-state index >= 15 is 0 Å². The number of nitrogens with zero attached hydrogens (tertiary/aromatic N) is 1. The zero-order valence-electron chi connectivity index (χ0n) is 11.9. The highest BCUT2D eigenvalue weighted by molar-refractivity contribution is 5.79. The molecule has 1 saturated heterocycles. The molecule has 2 rings (SSSR count). The van der Waals surface area contributed by atoms with Crippen molar-refractivity contribution in [3.63, 3.8) is 0 Å². The number of carbonyl (C=O) groups is 2. The van der Waals surface area contributed by atoms with Crippen LogP contribution in [0.3, 0.4) is 0 Å². The van der Waals surface area contributed by atoms with Gasteiger partial charge in [-0.15, -0.1) is 0 Å². The first-order chi connectivity index (χ1) is 10.1. The molecule has 0 unspecified atom stereocenters. The van der Waals surface area contributed by atoms with Gasteiger partial charge in [0.25, 0.3) is 0 Å². The molecule has 0 spiro atoms. The van der Waals surface area contributed by atoms with Crippen molar-refractivity contribution in [3.05, 3.63) is 35.9 Å². The lowest BCUT2D eigenvalue weighted by atomic mass is 10.0. The van der Waals surface area contributed by atoms with Crippen LogP contribution in [-0.2, 0) is 11.3 Å². The Hall–Kier alpha value is -2.08. The Kier molecular flexibility index (Phi) is 5.57. The van der Waals surface area contributed by atoms with Gasteiger partial charge in [-0.2, -0.15) is 0 Å². The second-order valence-corrected chi connectivity index (χ2v) is 5.24. The number of hydrogen-bond donors (Lipinski definition) is 2. The molecule has 2 amide bonds. The maximum absolute atomic E-state index is 11.5. The number of carbonyl (C=O) groups excluding carboxylic acids is 2. The van der Waals surface area contributed by atoms with Gasteiger partial charge in [-0.1, -0.05) is 30.3 Å². The molecule has 0 aliphatic carbocycles. The minimum atomic E-state index is -1.29. The lowest BCUT2D eigenvalue weighted by molar-refractivity contribution is -0.303. The summed E-state index contributed by atoms with van der Waals surface area (Å²) < 4.78 is 0. The molecule has 1 aliphatic rings. The van der Waals surface area contributed by atoms with Crippen LogP contribution >= 0.6 is 0 Å². The van der Waals surface area contributed by atoms with E-state index in [1.165, 1.54) is 5.56 Å². The molecular weight excluding hydrogens is 270 g/mol. The summed E-state index contributed by atoms with van der Waals surface area (Å²) in [6.07, 6.45) is 1.73.